The summed E-state index contributed by atoms with van der Waals surface area (Å²) in [6, 6.07) is 11.6. The fourth-order valence-electron chi connectivity index (χ4n) is 8.36. The molecule has 4 bridgehead atoms. The Labute approximate surface area is 246 Å². The highest BCUT2D eigenvalue weighted by Crippen LogP contribution is 2.61. The van der Waals surface area contributed by atoms with Crippen molar-refractivity contribution in [1.29, 1.82) is 0 Å². The van der Waals surface area contributed by atoms with E-state index in [0.29, 0.717) is 23.3 Å². The zero-order chi connectivity index (χ0) is 29.8. The highest BCUT2D eigenvalue weighted by molar-refractivity contribution is 6.46. The van der Waals surface area contributed by atoms with E-state index >= 15 is 0 Å². The largest absolute Gasteiger partial charge is 0.349 e. The summed E-state index contributed by atoms with van der Waals surface area (Å²) in [4.78, 5) is 57.7. The number of amides is 1. The number of aromatic nitrogens is 1. The lowest BCUT2D eigenvalue weighted by Crippen LogP contribution is -2.50. The molecule has 0 atom stereocenters. The van der Waals surface area contributed by atoms with Gasteiger partial charge in [-0.3, -0.25) is 14.4 Å². The van der Waals surface area contributed by atoms with Crippen LogP contribution in [0.2, 0.25) is 0 Å². The van der Waals surface area contributed by atoms with Crippen molar-refractivity contribution < 1.29 is 24.0 Å². The van der Waals surface area contributed by atoms with Crippen LogP contribution >= 0.6 is 0 Å². The van der Waals surface area contributed by atoms with Gasteiger partial charge in [0.05, 0.1) is 0 Å². The molecule has 4 saturated carbocycles. The average molecular weight is 570 g/mol. The van der Waals surface area contributed by atoms with Gasteiger partial charge in [-0.15, -0.1) is 0 Å². The summed E-state index contributed by atoms with van der Waals surface area (Å²) in [6.45, 7) is 4.03. The number of hydrogen-bond donors (Lipinski definition) is 0. The number of carbonyl (C=O) groups is 4. The Bertz CT molecular complexity index is 1610. The highest BCUT2D eigenvalue weighted by Gasteiger charge is 2.54. The predicted molar refractivity (Wildman–Crippen MR) is 162 cm³/mol. The molecule has 1 heterocycles. The van der Waals surface area contributed by atoms with Crippen molar-refractivity contribution >= 4 is 51.0 Å². The number of Topliss-reactive ketones (excluding diaryl/α,β-unsaturated/α-hetero) is 2. The summed E-state index contributed by atoms with van der Waals surface area (Å²) >= 11 is 0. The van der Waals surface area contributed by atoms with E-state index in [-0.39, 0.29) is 35.7 Å². The lowest BCUT2D eigenvalue weighted by atomic mass is 9.48. The molecule has 4 fully saturated rings. The van der Waals surface area contributed by atoms with E-state index in [2.05, 4.69) is 22.7 Å². The molecule has 4 aliphatic rings. The smallest absolute Gasteiger partial charge is 0.331 e. The number of rotatable bonds is 9. The van der Waals surface area contributed by atoms with Crippen molar-refractivity contribution in [2.45, 2.75) is 71.8 Å². The molecule has 8 heteroatoms. The number of nitrogens with zero attached hydrogens (tertiary/aromatic N) is 3. The van der Waals surface area contributed by atoms with E-state index in [9.17, 15) is 19.2 Å². The molecule has 7 rings (SSSR count). The Hall–Kier alpha value is -3.81. The normalized spacial score (nSPS) is 24.8. The van der Waals surface area contributed by atoms with E-state index in [0.717, 1.165) is 53.2 Å². The molecular formula is C34H39N3O5. The van der Waals surface area contributed by atoms with Crippen molar-refractivity contribution in [3.63, 3.8) is 0 Å². The standard InChI is InChI=1S/C34H39N3O5/c1-5-37-29-9-6-24(32(40)28(35-42-20(2)38)8-11-31(39)36(3)4)15-26(29)27-16-25(7-10-30(27)37)33(41)34-17-21-12-22(18-34)14-23(13-21)19-34/h6-7,9-10,15-16,21-23H,5,8,11-14,17-19H2,1-4H3/b35-28-. The molecule has 1 aromatic heterocycles. The van der Waals surface area contributed by atoms with Gasteiger partial charge in [0.15, 0.2) is 5.78 Å². The maximum absolute atomic E-state index is 14.2. The lowest BCUT2D eigenvalue weighted by Gasteiger charge is -2.56. The lowest BCUT2D eigenvalue weighted by molar-refractivity contribution is -0.140. The zero-order valence-corrected chi connectivity index (χ0v) is 24.9. The number of oxime groups is 1. The van der Waals surface area contributed by atoms with Gasteiger partial charge in [0.2, 0.25) is 11.7 Å². The van der Waals surface area contributed by atoms with Crippen LogP contribution in [0.1, 0.15) is 85.9 Å². The first-order valence-corrected chi connectivity index (χ1v) is 15.2. The molecule has 0 spiro atoms. The molecule has 3 aromatic rings. The van der Waals surface area contributed by atoms with Crippen molar-refractivity contribution in [3.8, 4) is 0 Å². The van der Waals surface area contributed by atoms with Crippen LogP contribution in [0, 0.1) is 23.2 Å². The van der Waals surface area contributed by atoms with Crippen molar-refractivity contribution in [2.75, 3.05) is 14.1 Å². The fraction of sp³-hybridized carbons (Fsp3) is 0.500. The SMILES string of the molecule is CCn1c2ccc(C(=O)/C(CCC(=O)N(C)C)=N\OC(C)=O)cc2c2cc(C(=O)C34CC5CC(CC(C5)C3)C4)ccc21. The number of fused-ring (bicyclic) bond motifs is 3. The van der Waals surface area contributed by atoms with Gasteiger partial charge in [0, 0.05) is 78.8 Å². The second kappa shape index (κ2) is 10.8. The number of carbonyl (C=O) groups excluding carboxylic acids is 4. The summed E-state index contributed by atoms with van der Waals surface area (Å²) in [6.07, 6.45) is 7.03. The Morgan fingerprint density at radius 2 is 1.43 bits per heavy atom. The molecule has 0 N–H and O–H groups in total. The summed E-state index contributed by atoms with van der Waals surface area (Å²) < 4.78 is 2.20. The van der Waals surface area contributed by atoms with Crippen molar-refractivity contribution in [3.05, 3.63) is 47.5 Å². The molecule has 8 nitrogen and oxygen atoms in total. The van der Waals surface area contributed by atoms with Crippen molar-refractivity contribution in [2.24, 2.45) is 28.3 Å². The van der Waals surface area contributed by atoms with Gasteiger partial charge >= 0.3 is 5.97 Å². The fourth-order valence-corrected chi connectivity index (χ4v) is 8.36. The van der Waals surface area contributed by atoms with Crippen LogP contribution in [0.5, 0.6) is 0 Å². The van der Waals surface area contributed by atoms with Crippen LogP contribution in [-0.2, 0) is 21.0 Å². The maximum atomic E-state index is 14.2. The molecule has 220 valence electrons. The monoisotopic (exact) mass is 569 g/mol. The molecule has 0 aliphatic heterocycles. The van der Waals surface area contributed by atoms with Crippen LogP contribution in [0.3, 0.4) is 0 Å². The first kappa shape index (κ1) is 28.3. The third-order valence-electron chi connectivity index (χ3n) is 9.85. The van der Waals surface area contributed by atoms with Crippen molar-refractivity contribution in [1.82, 2.24) is 9.47 Å². The van der Waals surface area contributed by atoms with E-state index in [4.69, 9.17) is 4.84 Å². The first-order chi connectivity index (χ1) is 20.1. The Balaban J connectivity index is 1.37. The molecule has 0 saturated heterocycles. The second-order valence-electron chi connectivity index (χ2n) is 13.0. The maximum Gasteiger partial charge on any atom is 0.331 e. The second-order valence-corrected chi connectivity index (χ2v) is 13.0. The van der Waals surface area contributed by atoms with E-state index in [1.807, 2.05) is 24.3 Å². The first-order valence-electron chi connectivity index (χ1n) is 15.2. The topological polar surface area (TPSA) is 98.0 Å². The van der Waals surface area contributed by atoms with Crippen LogP contribution in [0.25, 0.3) is 21.8 Å². The minimum Gasteiger partial charge on any atom is -0.349 e. The Morgan fingerprint density at radius 3 is 1.95 bits per heavy atom. The summed E-state index contributed by atoms with van der Waals surface area (Å²) in [5, 5.41) is 5.65. The van der Waals surface area contributed by atoms with Crippen LogP contribution in [0.4, 0.5) is 0 Å². The van der Waals surface area contributed by atoms with Gasteiger partial charge in [0.25, 0.3) is 0 Å². The third kappa shape index (κ3) is 4.95. The molecule has 0 radical (unpaired) electrons. The predicted octanol–water partition coefficient (Wildman–Crippen LogP) is 6.18. The van der Waals surface area contributed by atoms with Gasteiger partial charge in [-0.2, -0.15) is 0 Å². The van der Waals surface area contributed by atoms with Gasteiger partial charge in [-0.25, -0.2) is 4.79 Å². The molecule has 2 aromatic carbocycles. The van der Waals surface area contributed by atoms with E-state index in [1.54, 1.807) is 20.2 Å². The molecule has 0 unspecified atom stereocenters. The van der Waals surface area contributed by atoms with Gasteiger partial charge in [-0.05, 0) is 99.6 Å². The Kier molecular flexibility index (Phi) is 7.27. The number of aryl methyl sites for hydroxylation is 1. The number of benzene rings is 2. The van der Waals surface area contributed by atoms with Gasteiger partial charge in [-0.1, -0.05) is 5.16 Å². The van der Waals surface area contributed by atoms with E-state index in [1.165, 1.54) is 31.1 Å². The van der Waals surface area contributed by atoms with Gasteiger partial charge < -0.3 is 14.3 Å². The minimum atomic E-state index is -0.642. The zero-order valence-electron chi connectivity index (χ0n) is 24.9. The van der Waals surface area contributed by atoms with E-state index < -0.39 is 11.8 Å². The Morgan fingerprint density at radius 1 is 0.881 bits per heavy atom. The molecule has 4 aliphatic carbocycles. The quantitative estimate of drug-likeness (QED) is 0.133. The summed E-state index contributed by atoms with van der Waals surface area (Å²) in [5.74, 6) is 1.16. The summed E-state index contributed by atoms with van der Waals surface area (Å²) in [7, 11) is 3.29. The third-order valence-corrected chi connectivity index (χ3v) is 9.85. The number of ketones is 2. The molecule has 1 amide bonds. The summed E-state index contributed by atoms with van der Waals surface area (Å²) in [5.41, 5.74) is 2.93. The number of hydrogen-bond acceptors (Lipinski definition) is 6. The minimum absolute atomic E-state index is 0.0108. The molecular weight excluding hydrogens is 530 g/mol. The highest BCUT2D eigenvalue weighted by atomic mass is 16.7. The van der Waals surface area contributed by atoms with Crippen LogP contribution < -0.4 is 0 Å². The van der Waals surface area contributed by atoms with Crippen LogP contribution in [0.15, 0.2) is 41.6 Å². The van der Waals surface area contributed by atoms with Crippen LogP contribution in [-0.4, -0.2) is 52.7 Å². The van der Waals surface area contributed by atoms with Gasteiger partial charge in [0.1, 0.15) is 5.71 Å². The molecule has 42 heavy (non-hydrogen) atoms. The average Bonchev–Trinajstić information content (AvgIpc) is 3.27.